The Balaban J connectivity index is 1.96. The molecule has 0 spiro atoms. The van der Waals surface area contributed by atoms with Gasteiger partial charge in [-0.2, -0.15) is 0 Å². The third-order valence-electron chi connectivity index (χ3n) is 2.96. The summed E-state index contributed by atoms with van der Waals surface area (Å²) in [7, 11) is 0. The maximum atomic E-state index is 5.40. The number of hydrazine groups is 1. The van der Waals surface area contributed by atoms with E-state index in [4.69, 9.17) is 4.74 Å². The van der Waals surface area contributed by atoms with Gasteiger partial charge in [-0.1, -0.05) is 18.2 Å². The highest BCUT2D eigenvalue weighted by atomic mass is 16.5. The van der Waals surface area contributed by atoms with Gasteiger partial charge in [0.25, 0.3) is 0 Å². The molecule has 1 radical (unpaired) electrons. The Morgan fingerprint density at radius 3 is 2.63 bits per heavy atom. The van der Waals surface area contributed by atoms with Gasteiger partial charge in [0, 0.05) is 19.3 Å². The molecule has 1 aliphatic heterocycles. The number of morpholine rings is 1. The second kappa shape index (κ2) is 5.77. The fraction of sp³-hybridized carbons (Fsp3) is 0.286. The molecule has 2 aromatic rings. The average Bonchev–Trinajstić information content (AvgIpc) is 2.51. The van der Waals surface area contributed by atoms with Crippen LogP contribution < -0.4 is 5.01 Å². The summed E-state index contributed by atoms with van der Waals surface area (Å²) >= 11 is 0. The van der Waals surface area contributed by atoms with Crippen LogP contribution in [0.5, 0.6) is 0 Å². The SMILES string of the molecule is [c]1ccnc(N(c2ccccc2)N2CCOCC2)n1. The fourth-order valence-corrected chi connectivity index (χ4v) is 2.09. The first-order valence-electron chi connectivity index (χ1n) is 6.32. The van der Waals surface area contributed by atoms with E-state index in [1.165, 1.54) is 0 Å². The van der Waals surface area contributed by atoms with Gasteiger partial charge in [-0.05, 0) is 18.2 Å². The lowest BCUT2D eigenvalue weighted by atomic mass is 10.3. The first-order valence-corrected chi connectivity index (χ1v) is 6.32. The van der Waals surface area contributed by atoms with Crippen molar-refractivity contribution in [2.24, 2.45) is 0 Å². The highest BCUT2D eigenvalue weighted by Gasteiger charge is 2.22. The molecule has 19 heavy (non-hydrogen) atoms. The summed E-state index contributed by atoms with van der Waals surface area (Å²) in [6.45, 7) is 3.10. The van der Waals surface area contributed by atoms with Gasteiger partial charge in [-0.25, -0.2) is 20.0 Å². The van der Waals surface area contributed by atoms with Crippen molar-refractivity contribution < 1.29 is 4.74 Å². The van der Waals surface area contributed by atoms with E-state index in [0.717, 1.165) is 32.0 Å². The molecular formula is C14H15N4O. The number of para-hydroxylation sites is 1. The van der Waals surface area contributed by atoms with Gasteiger partial charge in [0.1, 0.15) is 0 Å². The van der Waals surface area contributed by atoms with Crippen LogP contribution in [-0.2, 0) is 4.74 Å². The van der Waals surface area contributed by atoms with E-state index < -0.39 is 0 Å². The Hall–Kier alpha value is -1.98. The molecule has 1 aliphatic rings. The maximum Gasteiger partial charge on any atom is 0.245 e. The van der Waals surface area contributed by atoms with Crippen molar-refractivity contribution in [3.63, 3.8) is 0 Å². The number of hydrogen-bond donors (Lipinski definition) is 0. The van der Waals surface area contributed by atoms with Crippen molar-refractivity contribution in [1.82, 2.24) is 15.0 Å². The van der Waals surface area contributed by atoms with Crippen LogP contribution in [0.3, 0.4) is 0 Å². The van der Waals surface area contributed by atoms with Crippen LogP contribution in [0.2, 0.25) is 0 Å². The van der Waals surface area contributed by atoms with E-state index in [0.29, 0.717) is 5.95 Å². The molecule has 0 amide bonds. The number of rotatable bonds is 3. The minimum absolute atomic E-state index is 0.635. The average molecular weight is 255 g/mol. The molecule has 0 unspecified atom stereocenters. The molecule has 1 aromatic carbocycles. The predicted molar refractivity (Wildman–Crippen MR) is 71.8 cm³/mol. The second-order valence-electron chi connectivity index (χ2n) is 4.20. The van der Waals surface area contributed by atoms with Crippen LogP contribution in [0.4, 0.5) is 11.6 Å². The largest absolute Gasteiger partial charge is 0.379 e. The molecule has 1 fully saturated rings. The minimum Gasteiger partial charge on any atom is -0.379 e. The van der Waals surface area contributed by atoms with Crippen LogP contribution >= 0.6 is 0 Å². The van der Waals surface area contributed by atoms with E-state index in [1.54, 1.807) is 12.3 Å². The Bertz CT molecular complexity index is 460. The molecule has 0 saturated carbocycles. The molecule has 0 atom stereocenters. The van der Waals surface area contributed by atoms with Gasteiger partial charge in [-0.15, -0.1) is 0 Å². The Kier molecular flexibility index (Phi) is 3.67. The van der Waals surface area contributed by atoms with E-state index in [9.17, 15) is 0 Å². The lowest BCUT2D eigenvalue weighted by Crippen LogP contribution is -2.47. The monoisotopic (exact) mass is 255 g/mol. The molecule has 2 heterocycles. The lowest BCUT2D eigenvalue weighted by molar-refractivity contribution is 0.0371. The molecule has 5 heteroatoms. The Morgan fingerprint density at radius 2 is 1.95 bits per heavy atom. The summed E-state index contributed by atoms with van der Waals surface area (Å²) in [4.78, 5) is 8.57. The molecule has 0 bridgehead atoms. The molecule has 1 saturated heterocycles. The quantitative estimate of drug-likeness (QED) is 0.834. The second-order valence-corrected chi connectivity index (χ2v) is 4.20. The smallest absolute Gasteiger partial charge is 0.245 e. The number of hydrogen-bond acceptors (Lipinski definition) is 5. The van der Waals surface area contributed by atoms with Gasteiger partial charge in [0.15, 0.2) is 0 Å². The summed E-state index contributed by atoms with van der Waals surface area (Å²) in [6, 6.07) is 11.8. The first kappa shape index (κ1) is 12.1. The highest BCUT2D eigenvalue weighted by Crippen LogP contribution is 2.23. The standard InChI is InChI=1S/C14H15N4O/c1-2-5-13(6-3-1)18(14-15-7-4-8-16-14)17-9-11-19-12-10-17/h1-7H,9-12H2. The zero-order chi connectivity index (χ0) is 12.9. The molecule has 5 nitrogen and oxygen atoms in total. The molecular weight excluding hydrogens is 240 g/mol. The number of aromatic nitrogens is 2. The predicted octanol–water partition coefficient (Wildman–Crippen LogP) is 1.66. The van der Waals surface area contributed by atoms with Crippen molar-refractivity contribution >= 4 is 11.6 Å². The highest BCUT2D eigenvalue weighted by molar-refractivity contribution is 5.55. The van der Waals surface area contributed by atoms with Crippen molar-refractivity contribution in [1.29, 1.82) is 0 Å². The molecule has 97 valence electrons. The number of benzene rings is 1. The summed E-state index contributed by atoms with van der Waals surface area (Å²) in [6.07, 6.45) is 4.55. The van der Waals surface area contributed by atoms with E-state index >= 15 is 0 Å². The van der Waals surface area contributed by atoms with Crippen molar-refractivity contribution in [2.45, 2.75) is 0 Å². The number of anilines is 2. The molecule has 1 aromatic heterocycles. The molecule has 0 aliphatic carbocycles. The summed E-state index contributed by atoms with van der Waals surface area (Å²) < 4.78 is 5.40. The van der Waals surface area contributed by atoms with Crippen LogP contribution in [0.1, 0.15) is 0 Å². The van der Waals surface area contributed by atoms with Crippen LogP contribution in [0.25, 0.3) is 0 Å². The van der Waals surface area contributed by atoms with Gasteiger partial charge >= 0.3 is 0 Å². The van der Waals surface area contributed by atoms with Crippen LogP contribution in [-0.4, -0.2) is 41.3 Å². The van der Waals surface area contributed by atoms with E-state index in [2.05, 4.69) is 21.2 Å². The van der Waals surface area contributed by atoms with Crippen molar-refractivity contribution in [3.8, 4) is 0 Å². The first-order chi connectivity index (χ1) is 9.45. The summed E-state index contributed by atoms with van der Waals surface area (Å²) in [5, 5.41) is 4.22. The minimum atomic E-state index is 0.635. The van der Waals surface area contributed by atoms with E-state index in [-0.39, 0.29) is 0 Å². The summed E-state index contributed by atoms with van der Waals surface area (Å²) in [5.41, 5.74) is 1.05. The van der Waals surface area contributed by atoms with Crippen molar-refractivity contribution in [2.75, 3.05) is 31.3 Å². The number of nitrogens with zero attached hydrogens (tertiary/aromatic N) is 4. The fourth-order valence-electron chi connectivity index (χ4n) is 2.09. The number of ether oxygens (including phenoxy) is 1. The Labute approximate surface area is 112 Å². The molecule has 3 rings (SSSR count). The van der Waals surface area contributed by atoms with Gasteiger partial charge in [0.05, 0.1) is 25.1 Å². The normalized spacial score (nSPS) is 16.2. The molecule has 0 N–H and O–H groups in total. The zero-order valence-electron chi connectivity index (χ0n) is 10.6. The third kappa shape index (κ3) is 2.72. The third-order valence-corrected chi connectivity index (χ3v) is 2.96. The van der Waals surface area contributed by atoms with Crippen molar-refractivity contribution in [3.05, 3.63) is 48.8 Å². The van der Waals surface area contributed by atoms with Gasteiger partial charge in [0.2, 0.25) is 5.95 Å². The lowest BCUT2D eigenvalue weighted by Gasteiger charge is -2.36. The van der Waals surface area contributed by atoms with Crippen LogP contribution in [0.15, 0.2) is 42.6 Å². The maximum absolute atomic E-state index is 5.40. The van der Waals surface area contributed by atoms with Gasteiger partial charge < -0.3 is 4.74 Å². The zero-order valence-corrected chi connectivity index (χ0v) is 10.6. The van der Waals surface area contributed by atoms with E-state index in [1.807, 2.05) is 35.3 Å². The van der Waals surface area contributed by atoms with Gasteiger partial charge in [-0.3, -0.25) is 0 Å². The summed E-state index contributed by atoms with van der Waals surface area (Å²) in [5.74, 6) is 0.635. The Morgan fingerprint density at radius 1 is 1.16 bits per heavy atom. The topological polar surface area (TPSA) is 41.5 Å². The van der Waals surface area contributed by atoms with Crippen LogP contribution in [0, 0.1) is 6.20 Å².